The van der Waals surface area contributed by atoms with Crippen molar-refractivity contribution in [2.45, 2.75) is 117 Å². The van der Waals surface area contributed by atoms with Crippen molar-refractivity contribution in [2.75, 3.05) is 6.67 Å². The van der Waals surface area contributed by atoms with Crippen LogP contribution in [0.5, 0.6) is 0 Å². The van der Waals surface area contributed by atoms with Crippen molar-refractivity contribution in [1.82, 2.24) is 26.9 Å². The number of hydroxylamine groups is 2. The Hall–Kier alpha value is -4.89. The van der Waals surface area contributed by atoms with Crippen LogP contribution < -0.4 is 26.9 Å². The Labute approximate surface area is 329 Å². The number of hydrogen-bond acceptors (Lipinski definition) is 12. The Morgan fingerprint density at radius 1 is 0.643 bits per heavy atom. The molecule has 2 amide bonds. The fourth-order valence-electron chi connectivity index (χ4n) is 5.47. The van der Waals surface area contributed by atoms with Crippen LogP contribution in [-0.2, 0) is 51.3 Å². The number of rotatable bonds is 20. The molecule has 1 aliphatic rings. The minimum atomic E-state index is -1.36. The molecule has 1 aliphatic heterocycles. The topological polar surface area (TPSA) is 193 Å². The van der Waals surface area contributed by atoms with Crippen LogP contribution >= 0.6 is 0 Å². The first kappa shape index (κ1) is 45.5. The van der Waals surface area contributed by atoms with Crippen LogP contribution in [0, 0.1) is 11.8 Å². The molecule has 4 atom stereocenters. The maximum atomic E-state index is 14.1. The standard InChI is InChI=1S/C42H58N6O8/c1-25(2)32(47-55-41(5,6)7)39(53)45-30(21-27-17-13-11-14-18-27)36(50)35(49)29-23-43-24-44-34(29)38(52)37(51)31(22-28-19-15-12-16-20-28)46-40(54)33(26(3)4)48-56-42(8,9)10/h11-20,23,25-26,30-33,44,47-48H,21-22,24H2,1-10H3,(H,45,53)(H,46,54)/t30-,31-,32-,33-/m0/s1. The van der Waals surface area contributed by atoms with E-state index in [1.165, 1.54) is 0 Å². The van der Waals surface area contributed by atoms with Crippen LogP contribution in [0.25, 0.3) is 0 Å². The van der Waals surface area contributed by atoms with E-state index in [-0.39, 0.29) is 31.3 Å². The SMILES string of the molecule is CC(C)[C@H](NOC(C)(C)C)C(=O)N[C@@H](Cc1ccccc1)C(=O)C(=O)C1=C(C(=O)C(=O)[C@H](Cc2ccccc2)NC(=O)[C@@H](NOC(C)(C)C)C(C)C)NCN=C1. The molecular weight excluding hydrogens is 716 g/mol. The number of carbonyl (C=O) groups excluding carboxylic acids is 6. The molecule has 0 fully saturated rings. The van der Waals surface area contributed by atoms with Crippen molar-refractivity contribution < 1.29 is 38.4 Å². The first-order valence-electron chi connectivity index (χ1n) is 18.9. The van der Waals surface area contributed by atoms with Gasteiger partial charge in [-0.05, 0) is 64.5 Å². The lowest BCUT2D eigenvalue weighted by atomic mass is 9.92. The highest BCUT2D eigenvalue weighted by Crippen LogP contribution is 2.16. The summed E-state index contributed by atoms with van der Waals surface area (Å²) < 4.78 is 0. The Morgan fingerprint density at radius 2 is 1.04 bits per heavy atom. The minimum absolute atomic E-state index is 0.0408. The first-order valence-corrected chi connectivity index (χ1v) is 18.9. The van der Waals surface area contributed by atoms with Gasteiger partial charge in [0.05, 0.1) is 28.9 Å². The fourth-order valence-corrected chi connectivity index (χ4v) is 5.47. The number of aliphatic imine (C=N–C) groups is 1. The second-order valence-corrected chi connectivity index (χ2v) is 16.4. The van der Waals surface area contributed by atoms with Gasteiger partial charge in [0, 0.05) is 19.1 Å². The molecule has 304 valence electrons. The van der Waals surface area contributed by atoms with Gasteiger partial charge < -0.3 is 16.0 Å². The summed E-state index contributed by atoms with van der Waals surface area (Å²) in [5.41, 5.74) is 4.79. The van der Waals surface area contributed by atoms with E-state index in [1.54, 1.807) is 88.4 Å². The van der Waals surface area contributed by atoms with E-state index in [0.717, 1.165) is 6.21 Å². The van der Waals surface area contributed by atoms with E-state index in [4.69, 9.17) is 9.68 Å². The van der Waals surface area contributed by atoms with E-state index >= 15 is 0 Å². The molecule has 14 nitrogen and oxygen atoms in total. The zero-order valence-corrected chi connectivity index (χ0v) is 34.1. The number of Topliss-reactive ketones (excluding diaryl/α,β-unsaturated/α-hetero) is 4. The molecule has 14 heteroatoms. The van der Waals surface area contributed by atoms with E-state index in [0.29, 0.717) is 11.1 Å². The van der Waals surface area contributed by atoms with Gasteiger partial charge in [0.25, 0.3) is 0 Å². The number of allylic oxidation sites excluding steroid dienone is 2. The van der Waals surface area contributed by atoms with Crippen molar-refractivity contribution in [1.29, 1.82) is 0 Å². The smallest absolute Gasteiger partial charge is 0.247 e. The molecule has 0 spiro atoms. The van der Waals surface area contributed by atoms with Crippen LogP contribution in [0.2, 0.25) is 0 Å². The second-order valence-electron chi connectivity index (χ2n) is 16.4. The Bertz CT molecular complexity index is 1760. The zero-order chi connectivity index (χ0) is 41.8. The van der Waals surface area contributed by atoms with E-state index in [1.807, 2.05) is 41.5 Å². The van der Waals surface area contributed by atoms with Gasteiger partial charge in [-0.2, -0.15) is 11.0 Å². The maximum absolute atomic E-state index is 14.1. The monoisotopic (exact) mass is 774 g/mol. The number of ketones is 4. The van der Waals surface area contributed by atoms with Crippen molar-refractivity contribution in [2.24, 2.45) is 16.8 Å². The molecule has 0 saturated carbocycles. The molecule has 2 aromatic carbocycles. The number of benzene rings is 2. The lowest BCUT2D eigenvalue weighted by molar-refractivity contribution is -0.142. The average Bonchev–Trinajstić information content (AvgIpc) is 3.12. The van der Waals surface area contributed by atoms with Crippen LogP contribution in [0.3, 0.4) is 0 Å². The summed E-state index contributed by atoms with van der Waals surface area (Å²) >= 11 is 0. The van der Waals surface area contributed by atoms with Crippen molar-refractivity contribution in [3.05, 3.63) is 83.1 Å². The first-order chi connectivity index (χ1) is 26.2. The van der Waals surface area contributed by atoms with Crippen molar-refractivity contribution in [3.63, 3.8) is 0 Å². The lowest BCUT2D eigenvalue weighted by Gasteiger charge is -2.28. The van der Waals surface area contributed by atoms with Gasteiger partial charge in [0.1, 0.15) is 24.4 Å². The summed E-state index contributed by atoms with van der Waals surface area (Å²) in [5.74, 6) is -5.99. The third-order valence-electron chi connectivity index (χ3n) is 8.47. The number of nitrogens with one attached hydrogen (secondary N) is 5. The Morgan fingerprint density at radius 3 is 1.41 bits per heavy atom. The third-order valence-corrected chi connectivity index (χ3v) is 8.47. The molecule has 1 heterocycles. The van der Waals surface area contributed by atoms with Gasteiger partial charge in [-0.3, -0.25) is 43.4 Å². The highest BCUT2D eigenvalue weighted by Gasteiger charge is 2.38. The highest BCUT2D eigenvalue weighted by atomic mass is 16.7. The Balaban J connectivity index is 1.98. The predicted octanol–water partition coefficient (Wildman–Crippen LogP) is 3.29. The van der Waals surface area contributed by atoms with E-state index in [2.05, 4.69) is 31.9 Å². The second kappa shape index (κ2) is 20.3. The molecule has 2 aromatic rings. The van der Waals surface area contributed by atoms with Crippen LogP contribution in [0.4, 0.5) is 0 Å². The summed E-state index contributed by atoms with van der Waals surface area (Å²) in [5, 5.41) is 8.15. The summed E-state index contributed by atoms with van der Waals surface area (Å²) in [4.78, 5) is 99.1. The van der Waals surface area contributed by atoms with E-state index in [9.17, 15) is 28.8 Å². The van der Waals surface area contributed by atoms with Crippen molar-refractivity contribution in [3.8, 4) is 0 Å². The number of carbonyl (C=O) groups is 6. The van der Waals surface area contributed by atoms with Gasteiger partial charge in [-0.1, -0.05) is 88.4 Å². The van der Waals surface area contributed by atoms with Gasteiger partial charge in [0.15, 0.2) is 0 Å². The molecule has 0 radical (unpaired) electrons. The van der Waals surface area contributed by atoms with Crippen LogP contribution in [0.1, 0.15) is 80.4 Å². The van der Waals surface area contributed by atoms with Gasteiger partial charge in [-0.15, -0.1) is 0 Å². The van der Waals surface area contributed by atoms with Gasteiger partial charge >= 0.3 is 0 Å². The minimum Gasteiger partial charge on any atom is -0.362 e. The molecule has 0 bridgehead atoms. The summed E-state index contributed by atoms with van der Waals surface area (Å²) in [6, 6.07) is 13.2. The molecule has 5 N–H and O–H groups in total. The van der Waals surface area contributed by atoms with E-state index < -0.39 is 81.6 Å². The van der Waals surface area contributed by atoms with Crippen molar-refractivity contribution >= 4 is 41.2 Å². The summed E-state index contributed by atoms with van der Waals surface area (Å²) in [7, 11) is 0. The largest absolute Gasteiger partial charge is 0.362 e. The molecular formula is C42H58N6O8. The van der Waals surface area contributed by atoms with Gasteiger partial charge in [-0.25, -0.2) is 0 Å². The molecule has 0 saturated heterocycles. The average molecular weight is 775 g/mol. The maximum Gasteiger partial charge on any atom is 0.247 e. The molecule has 0 aliphatic carbocycles. The molecule has 3 rings (SSSR count). The Kier molecular flexibility index (Phi) is 16.5. The molecule has 0 unspecified atom stereocenters. The zero-order valence-electron chi connectivity index (χ0n) is 34.1. The van der Waals surface area contributed by atoms with Crippen LogP contribution in [0.15, 0.2) is 76.9 Å². The third kappa shape index (κ3) is 14.0. The molecule has 56 heavy (non-hydrogen) atoms. The summed E-state index contributed by atoms with van der Waals surface area (Å²) in [6.45, 7) is 17.9. The quantitative estimate of drug-likeness (QED) is 0.0980. The number of amides is 2. The fraction of sp³-hybridized carbons (Fsp3) is 0.500. The predicted molar refractivity (Wildman–Crippen MR) is 213 cm³/mol. The normalized spacial score (nSPS) is 15.4. The lowest BCUT2D eigenvalue weighted by Crippen LogP contribution is -2.55. The van der Waals surface area contributed by atoms with Gasteiger partial charge in [0.2, 0.25) is 34.9 Å². The van der Waals surface area contributed by atoms with Crippen LogP contribution in [-0.4, -0.2) is 83.2 Å². The molecule has 0 aromatic heterocycles. The number of hydrogen-bond donors (Lipinski definition) is 5. The summed E-state index contributed by atoms with van der Waals surface area (Å²) in [6.07, 6.45) is 0.986. The highest BCUT2D eigenvalue weighted by molar-refractivity contribution is 6.54. The number of nitrogens with zero attached hydrogens (tertiary/aromatic N) is 1.